The van der Waals surface area contributed by atoms with Crippen molar-refractivity contribution in [2.75, 3.05) is 13.1 Å². The van der Waals surface area contributed by atoms with Crippen LogP contribution in [0.25, 0.3) is 10.9 Å². The number of pyridine rings is 1. The van der Waals surface area contributed by atoms with Crippen LogP contribution in [-0.2, 0) is 4.79 Å². The Labute approximate surface area is 124 Å². The molecule has 1 aliphatic heterocycles. The van der Waals surface area contributed by atoms with Gasteiger partial charge in [-0.15, -0.1) is 0 Å². The molecule has 0 amide bonds. The predicted octanol–water partition coefficient (Wildman–Crippen LogP) is 3.09. The molecule has 1 aromatic heterocycles. The highest BCUT2D eigenvalue weighted by Crippen LogP contribution is 2.26. The van der Waals surface area contributed by atoms with Gasteiger partial charge in [0.25, 0.3) is 0 Å². The second kappa shape index (κ2) is 5.82. The van der Waals surface area contributed by atoms with Gasteiger partial charge in [0.05, 0.1) is 17.1 Å². The van der Waals surface area contributed by atoms with Crippen molar-refractivity contribution in [3.63, 3.8) is 0 Å². The zero-order valence-corrected chi connectivity index (χ0v) is 12.2. The number of fused-ring (bicyclic) bond motifs is 1. The molecule has 1 N–H and O–H groups in total. The lowest BCUT2D eigenvalue weighted by Gasteiger charge is -2.35. The third-order valence-corrected chi connectivity index (χ3v) is 4.40. The molecule has 2 atom stereocenters. The zero-order valence-electron chi connectivity index (χ0n) is 12.2. The Morgan fingerprint density at radius 2 is 2.14 bits per heavy atom. The third kappa shape index (κ3) is 2.90. The number of hydrogen-bond donors (Lipinski definition) is 1. The SMILES string of the molecule is CC(c1ccc2ccccc2n1)N1CCCC(C(=O)O)C1. The van der Waals surface area contributed by atoms with Crippen molar-refractivity contribution in [2.24, 2.45) is 5.92 Å². The molecule has 2 unspecified atom stereocenters. The normalized spacial score (nSPS) is 21.3. The first-order chi connectivity index (χ1) is 10.1. The van der Waals surface area contributed by atoms with Gasteiger partial charge in [-0.1, -0.05) is 24.3 Å². The van der Waals surface area contributed by atoms with Crippen molar-refractivity contribution >= 4 is 16.9 Å². The highest BCUT2D eigenvalue weighted by Gasteiger charge is 2.28. The number of rotatable bonds is 3. The molecule has 3 rings (SSSR count). The van der Waals surface area contributed by atoms with Crippen LogP contribution in [0.3, 0.4) is 0 Å². The minimum Gasteiger partial charge on any atom is -0.481 e. The van der Waals surface area contributed by atoms with Gasteiger partial charge in [-0.2, -0.15) is 0 Å². The molecule has 110 valence electrons. The Morgan fingerprint density at radius 3 is 2.95 bits per heavy atom. The van der Waals surface area contributed by atoms with Gasteiger partial charge >= 0.3 is 5.97 Å². The van der Waals surface area contributed by atoms with Crippen molar-refractivity contribution in [2.45, 2.75) is 25.8 Å². The molecule has 2 aromatic rings. The van der Waals surface area contributed by atoms with Crippen molar-refractivity contribution in [3.8, 4) is 0 Å². The molecule has 0 radical (unpaired) electrons. The third-order valence-electron chi connectivity index (χ3n) is 4.40. The van der Waals surface area contributed by atoms with E-state index in [0.29, 0.717) is 6.54 Å². The molecule has 0 saturated carbocycles. The first kappa shape index (κ1) is 14.0. The first-order valence-electron chi connectivity index (χ1n) is 7.47. The topological polar surface area (TPSA) is 53.4 Å². The summed E-state index contributed by atoms with van der Waals surface area (Å²) < 4.78 is 0. The molecule has 1 saturated heterocycles. The lowest BCUT2D eigenvalue weighted by atomic mass is 9.96. The van der Waals surface area contributed by atoms with Gasteiger partial charge in [-0.25, -0.2) is 0 Å². The van der Waals surface area contributed by atoms with E-state index in [1.54, 1.807) is 0 Å². The van der Waals surface area contributed by atoms with Crippen LogP contribution in [0.5, 0.6) is 0 Å². The molecule has 1 fully saturated rings. The highest BCUT2D eigenvalue weighted by molar-refractivity contribution is 5.78. The van der Waals surface area contributed by atoms with Gasteiger partial charge in [-0.05, 0) is 38.4 Å². The second-order valence-electron chi connectivity index (χ2n) is 5.78. The van der Waals surface area contributed by atoms with Gasteiger partial charge in [0.15, 0.2) is 0 Å². The quantitative estimate of drug-likeness (QED) is 0.941. The highest BCUT2D eigenvalue weighted by atomic mass is 16.4. The molecule has 4 heteroatoms. The maximum Gasteiger partial charge on any atom is 0.307 e. The Morgan fingerprint density at radius 1 is 1.33 bits per heavy atom. The second-order valence-corrected chi connectivity index (χ2v) is 5.78. The smallest absolute Gasteiger partial charge is 0.307 e. The Hall–Kier alpha value is -1.94. The van der Waals surface area contributed by atoms with Crippen molar-refractivity contribution in [1.29, 1.82) is 0 Å². The van der Waals surface area contributed by atoms with Crippen LogP contribution in [-0.4, -0.2) is 34.0 Å². The number of piperidine rings is 1. The van der Waals surface area contributed by atoms with Crippen LogP contribution >= 0.6 is 0 Å². The molecular weight excluding hydrogens is 264 g/mol. The molecule has 4 nitrogen and oxygen atoms in total. The van der Waals surface area contributed by atoms with Crippen LogP contribution in [0.4, 0.5) is 0 Å². The fourth-order valence-corrected chi connectivity index (χ4v) is 3.06. The lowest BCUT2D eigenvalue weighted by Crippen LogP contribution is -2.40. The number of carboxylic acids is 1. The van der Waals surface area contributed by atoms with E-state index in [9.17, 15) is 9.90 Å². The van der Waals surface area contributed by atoms with E-state index in [1.165, 1.54) is 0 Å². The van der Waals surface area contributed by atoms with E-state index < -0.39 is 5.97 Å². The monoisotopic (exact) mass is 284 g/mol. The van der Waals surface area contributed by atoms with E-state index in [2.05, 4.69) is 30.0 Å². The first-order valence-corrected chi connectivity index (χ1v) is 7.47. The predicted molar refractivity (Wildman–Crippen MR) is 82.1 cm³/mol. The standard InChI is InChI=1S/C17H20N2O2/c1-12(19-10-4-6-14(11-19)17(20)21)15-9-8-13-5-2-3-7-16(13)18-15/h2-3,5,7-9,12,14H,4,6,10-11H2,1H3,(H,20,21). The Kier molecular flexibility index (Phi) is 3.88. The molecule has 0 bridgehead atoms. The molecular formula is C17H20N2O2. The van der Waals surface area contributed by atoms with Crippen LogP contribution in [0.15, 0.2) is 36.4 Å². The number of nitrogens with zero attached hydrogens (tertiary/aromatic N) is 2. The van der Waals surface area contributed by atoms with Gasteiger partial charge in [0, 0.05) is 18.0 Å². The molecule has 21 heavy (non-hydrogen) atoms. The molecule has 1 aliphatic rings. The van der Waals surface area contributed by atoms with Crippen LogP contribution in [0.2, 0.25) is 0 Å². The average molecular weight is 284 g/mol. The van der Waals surface area contributed by atoms with Crippen LogP contribution in [0, 0.1) is 5.92 Å². The maximum atomic E-state index is 11.2. The number of aliphatic carboxylic acids is 1. The fraction of sp³-hybridized carbons (Fsp3) is 0.412. The summed E-state index contributed by atoms with van der Waals surface area (Å²) in [4.78, 5) is 18.2. The average Bonchev–Trinajstić information content (AvgIpc) is 2.53. The largest absolute Gasteiger partial charge is 0.481 e. The van der Waals surface area contributed by atoms with E-state index in [1.807, 2.05) is 18.2 Å². The van der Waals surface area contributed by atoms with E-state index in [4.69, 9.17) is 4.98 Å². The summed E-state index contributed by atoms with van der Waals surface area (Å²) in [5.74, 6) is -0.931. The minimum absolute atomic E-state index is 0.150. The molecule has 2 heterocycles. The van der Waals surface area contributed by atoms with Gasteiger partial charge in [-0.3, -0.25) is 14.7 Å². The number of likely N-dealkylation sites (tertiary alicyclic amines) is 1. The zero-order chi connectivity index (χ0) is 14.8. The van der Waals surface area contributed by atoms with Crippen molar-refractivity contribution in [1.82, 2.24) is 9.88 Å². The molecule has 0 aliphatic carbocycles. The number of hydrogen-bond acceptors (Lipinski definition) is 3. The Balaban J connectivity index is 1.82. The maximum absolute atomic E-state index is 11.2. The molecule has 0 spiro atoms. The van der Waals surface area contributed by atoms with Crippen LogP contribution < -0.4 is 0 Å². The minimum atomic E-state index is -0.682. The summed E-state index contributed by atoms with van der Waals surface area (Å²) in [5.41, 5.74) is 2.01. The van der Waals surface area contributed by atoms with Crippen molar-refractivity contribution in [3.05, 3.63) is 42.1 Å². The fourth-order valence-electron chi connectivity index (χ4n) is 3.06. The van der Waals surface area contributed by atoms with E-state index in [-0.39, 0.29) is 12.0 Å². The van der Waals surface area contributed by atoms with Crippen LogP contribution in [0.1, 0.15) is 31.5 Å². The van der Waals surface area contributed by atoms with E-state index in [0.717, 1.165) is 36.0 Å². The lowest BCUT2D eigenvalue weighted by molar-refractivity contribution is -0.143. The summed E-state index contributed by atoms with van der Waals surface area (Å²) in [6.07, 6.45) is 1.72. The Bertz CT molecular complexity index is 656. The number of carbonyl (C=O) groups is 1. The van der Waals surface area contributed by atoms with Crippen molar-refractivity contribution < 1.29 is 9.90 Å². The summed E-state index contributed by atoms with van der Waals surface area (Å²) in [5, 5.41) is 10.3. The summed E-state index contributed by atoms with van der Waals surface area (Å²) >= 11 is 0. The van der Waals surface area contributed by atoms with E-state index >= 15 is 0 Å². The van der Waals surface area contributed by atoms with Gasteiger partial charge < -0.3 is 5.11 Å². The number of para-hydroxylation sites is 1. The number of aromatic nitrogens is 1. The molecule has 1 aromatic carbocycles. The van der Waals surface area contributed by atoms with Gasteiger partial charge in [0.1, 0.15) is 0 Å². The summed E-state index contributed by atoms with van der Waals surface area (Å²) in [6.45, 7) is 3.67. The summed E-state index contributed by atoms with van der Waals surface area (Å²) in [7, 11) is 0. The number of carboxylic acid groups (broad SMARTS) is 1. The summed E-state index contributed by atoms with van der Waals surface area (Å²) in [6, 6.07) is 12.4. The van der Waals surface area contributed by atoms with Gasteiger partial charge in [0.2, 0.25) is 0 Å². The number of benzene rings is 1.